The van der Waals surface area contributed by atoms with E-state index < -0.39 is 17.8 Å². The number of alkyl halides is 3. The van der Waals surface area contributed by atoms with Crippen molar-refractivity contribution in [2.75, 3.05) is 0 Å². The zero-order valence-electron chi connectivity index (χ0n) is 23.7. The van der Waals surface area contributed by atoms with Gasteiger partial charge in [-0.25, -0.2) is 5.73 Å². The minimum Gasteiger partial charge on any atom is -0.334 e. The molecule has 1 aromatic heterocycles. The van der Waals surface area contributed by atoms with Crippen molar-refractivity contribution in [2.45, 2.75) is 121 Å². The van der Waals surface area contributed by atoms with Crippen LogP contribution >= 0.6 is 0 Å². The van der Waals surface area contributed by atoms with Crippen LogP contribution in [0.3, 0.4) is 0 Å². The Morgan fingerprint density at radius 3 is 2.20 bits per heavy atom. The lowest BCUT2D eigenvalue weighted by Gasteiger charge is -2.20. The van der Waals surface area contributed by atoms with Gasteiger partial charge in [0.15, 0.2) is 5.82 Å². The van der Waals surface area contributed by atoms with Crippen molar-refractivity contribution >= 4 is 0 Å². The van der Waals surface area contributed by atoms with E-state index >= 15 is 0 Å². The Balaban J connectivity index is 1.30. The van der Waals surface area contributed by atoms with Crippen LogP contribution in [0.15, 0.2) is 47.0 Å². The quantitative estimate of drug-likeness (QED) is 0.176. The first kappa shape index (κ1) is 30.3. The molecule has 0 saturated heterocycles. The van der Waals surface area contributed by atoms with Crippen molar-refractivity contribution in [1.82, 2.24) is 15.9 Å². The molecule has 1 atom stereocenters. The van der Waals surface area contributed by atoms with Gasteiger partial charge in [0.1, 0.15) is 0 Å². The van der Waals surface area contributed by atoms with E-state index in [0.717, 1.165) is 72.7 Å². The molecule has 7 heteroatoms. The molecule has 0 amide bonds. The maximum absolute atomic E-state index is 13.4. The fourth-order valence-corrected chi connectivity index (χ4v) is 5.84. The Hall–Kier alpha value is -2.67. The molecule has 0 bridgehead atoms. The van der Waals surface area contributed by atoms with Crippen molar-refractivity contribution in [2.24, 2.45) is 0 Å². The zero-order valence-corrected chi connectivity index (χ0v) is 23.7. The molecule has 1 heterocycles. The van der Waals surface area contributed by atoms with Crippen LogP contribution in [0.4, 0.5) is 13.2 Å². The molecular formula is C33H43F3N3O. The summed E-state index contributed by atoms with van der Waals surface area (Å²) in [6.45, 7) is 2.24. The molecule has 1 aliphatic rings. The Morgan fingerprint density at radius 2 is 1.55 bits per heavy atom. The molecule has 217 valence electrons. The van der Waals surface area contributed by atoms with Gasteiger partial charge in [0.05, 0.1) is 11.6 Å². The van der Waals surface area contributed by atoms with E-state index in [-0.39, 0.29) is 5.92 Å². The van der Waals surface area contributed by atoms with E-state index in [0.29, 0.717) is 12.3 Å². The van der Waals surface area contributed by atoms with Crippen LogP contribution in [-0.4, -0.2) is 10.1 Å². The predicted octanol–water partition coefficient (Wildman–Crippen LogP) is 10.1. The lowest BCUT2D eigenvalue weighted by Crippen LogP contribution is -2.11. The summed E-state index contributed by atoms with van der Waals surface area (Å²) in [5, 5.41) is 4.14. The standard InChI is InChI=1S/C33H43F3N3O/c1-2-3-4-5-6-7-8-9-10-15-31-38-32(40-39-31)26-18-16-25(17-19-26)30(37)22-27-20-21-28(33(34,35)36)23-29(27)24-13-11-12-14-24/h16-21,23-24,30,37H,2-15,22H2,1H3. The first-order valence-electron chi connectivity index (χ1n) is 15.2. The molecule has 2 aromatic carbocycles. The normalized spacial score (nSPS) is 15.1. The molecule has 3 aromatic rings. The fourth-order valence-electron chi connectivity index (χ4n) is 5.84. The number of halogens is 3. The van der Waals surface area contributed by atoms with Gasteiger partial charge in [-0.15, -0.1) is 0 Å². The second-order valence-corrected chi connectivity index (χ2v) is 11.4. The molecule has 4 nitrogen and oxygen atoms in total. The van der Waals surface area contributed by atoms with Gasteiger partial charge >= 0.3 is 6.18 Å². The third-order valence-electron chi connectivity index (χ3n) is 8.22. The molecule has 1 radical (unpaired) electrons. The van der Waals surface area contributed by atoms with Gasteiger partial charge in [-0.2, -0.15) is 18.2 Å². The summed E-state index contributed by atoms with van der Waals surface area (Å²) in [5.74, 6) is 1.35. The van der Waals surface area contributed by atoms with Gasteiger partial charge in [0.25, 0.3) is 5.89 Å². The zero-order chi connectivity index (χ0) is 28.4. The molecule has 1 fully saturated rings. The lowest BCUT2D eigenvalue weighted by atomic mass is 9.87. The van der Waals surface area contributed by atoms with Crippen LogP contribution in [0.5, 0.6) is 0 Å². The second-order valence-electron chi connectivity index (χ2n) is 11.4. The summed E-state index contributed by atoms with van der Waals surface area (Å²) >= 11 is 0. The Kier molecular flexibility index (Phi) is 11.2. The molecule has 1 N–H and O–H groups in total. The summed E-state index contributed by atoms with van der Waals surface area (Å²) in [4.78, 5) is 4.56. The van der Waals surface area contributed by atoms with Gasteiger partial charge in [0, 0.05) is 12.0 Å². The largest absolute Gasteiger partial charge is 0.416 e. The monoisotopic (exact) mass is 554 g/mol. The van der Waals surface area contributed by atoms with Crippen molar-refractivity contribution in [3.05, 3.63) is 70.5 Å². The van der Waals surface area contributed by atoms with E-state index in [2.05, 4.69) is 17.1 Å². The van der Waals surface area contributed by atoms with E-state index in [1.165, 1.54) is 57.4 Å². The van der Waals surface area contributed by atoms with Crippen LogP contribution in [-0.2, 0) is 19.0 Å². The molecular weight excluding hydrogens is 511 g/mol. The number of unbranched alkanes of at least 4 members (excludes halogenated alkanes) is 8. The average molecular weight is 555 g/mol. The highest BCUT2D eigenvalue weighted by molar-refractivity contribution is 5.53. The van der Waals surface area contributed by atoms with E-state index in [1.807, 2.05) is 24.3 Å². The first-order valence-corrected chi connectivity index (χ1v) is 15.2. The van der Waals surface area contributed by atoms with Gasteiger partial charge in [-0.05, 0) is 72.6 Å². The number of nitrogens with zero attached hydrogens (tertiary/aromatic N) is 2. The molecule has 1 unspecified atom stereocenters. The Bertz CT molecular complexity index is 1170. The van der Waals surface area contributed by atoms with Crippen molar-refractivity contribution in [3.63, 3.8) is 0 Å². The lowest BCUT2D eigenvalue weighted by molar-refractivity contribution is -0.137. The fraction of sp³-hybridized carbons (Fsp3) is 0.576. The Morgan fingerprint density at radius 1 is 0.900 bits per heavy atom. The van der Waals surface area contributed by atoms with Crippen LogP contribution in [0.25, 0.3) is 11.5 Å². The molecule has 1 saturated carbocycles. The van der Waals surface area contributed by atoms with Crippen molar-refractivity contribution in [1.29, 1.82) is 0 Å². The molecule has 0 spiro atoms. The Labute approximate surface area is 236 Å². The summed E-state index contributed by atoms with van der Waals surface area (Å²) in [6, 6.07) is 11.0. The average Bonchev–Trinajstić information content (AvgIpc) is 3.65. The smallest absolute Gasteiger partial charge is 0.334 e. The van der Waals surface area contributed by atoms with Gasteiger partial charge in [-0.1, -0.05) is 94.5 Å². The third-order valence-corrected chi connectivity index (χ3v) is 8.22. The topological polar surface area (TPSA) is 62.7 Å². The minimum atomic E-state index is -4.36. The van der Waals surface area contributed by atoms with E-state index in [4.69, 9.17) is 10.3 Å². The van der Waals surface area contributed by atoms with Crippen LogP contribution in [0, 0.1) is 0 Å². The summed E-state index contributed by atoms with van der Waals surface area (Å²) in [7, 11) is 0. The highest BCUT2D eigenvalue weighted by Crippen LogP contribution is 2.40. The SMILES string of the molecule is CCCCCCCCCCCc1noc(-c2ccc(C([NH])Cc3ccc(C(F)(F)F)cc3C3CCCC3)cc2)n1. The van der Waals surface area contributed by atoms with Crippen molar-refractivity contribution in [3.8, 4) is 11.5 Å². The van der Waals surface area contributed by atoms with Crippen molar-refractivity contribution < 1.29 is 17.7 Å². The third kappa shape index (κ3) is 8.66. The summed E-state index contributed by atoms with van der Waals surface area (Å²) in [6.07, 6.45) is 12.2. The van der Waals surface area contributed by atoms with E-state index in [1.54, 1.807) is 6.07 Å². The van der Waals surface area contributed by atoms with Gasteiger partial charge in [-0.3, -0.25) is 0 Å². The number of benzene rings is 2. The number of rotatable bonds is 15. The molecule has 40 heavy (non-hydrogen) atoms. The second kappa shape index (κ2) is 14.8. The minimum absolute atomic E-state index is 0.147. The van der Waals surface area contributed by atoms with Crippen LogP contribution in [0.1, 0.15) is 130 Å². The molecule has 1 aliphatic carbocycles. The number of aromatic nitrogens is 2. The van der Waals surface area contributed by atoms with Gasteiger partial charge in [0.2, 0.25) is 0 Å². The summed E-state index contributed by atoms with van der Waals surface area (Å²) in [5.41, 5.74) is 11.4. The number of aryl methyl sites for hydroxylation is 1. The van der Waals surface area contributed by atoms with Crippen LogP contribution in [0.2, 0.25) is 0 Å². The van der Waals surface area contributed by atoms with E-state index in [9.17, 15) is 13.2 Å². The number of hydrogen-bond donors (Lipinski definition) is 0. The molecule has 4 rings (SSSR count). The predicted molar refractivity (Wildman–Crippen MR) is 153 cm³/mol. The van der Waals surface area contributed by atoms with Crippen LogP contribution < -0.4 is 5.73 Å². The molecule has 0 aliphatic heterocycles. The maximum Gasteiger partial charge on any atom is 0.416 e. The maximum atomic E-state index is 13.4. The number of hydrogen-bond acceptors (Lipinski definition) is 3. The highest BCUT2D eigenvalue weighted by atomic mass is 19.4. The summed E-state index contributed by atoms with van der Waals surface area (Å²) < 4.78 is 45.7. The van der Waals surface area contributed by atoms with Gasteiger partial charge < -0.3 is 4.52 Å². The number of nitrogens with one attached hydrogen (secondary N) is 1. The first-order chi connectivity index (χ1) is 19.3. The highest BCUT2D eigenvalue weighted by Gasteiger charge is 2.32.